The number of nitrogens with one attached hydrogen (secondary N) is 1. The summed E-state index contributed by atoms with van der Waals surface area (Å²) >= 11 is 0. The van der Waals surface area contributed by atoms with E-state index in [1.807, 2.05) is 19.1 Å². The second-order valence-electron chi connectivity index (χ2n) is 7.74. The Balaban J connectivity index is 1.21. The van der Waals surface area contributed by atoms with Crippen LogP contribution >= 0.6 is 0 Å². The highest BCUT2D eigenvalue weighted by molar-refractivity contribution is 5.91. The first-order chi connectivity index (χ1) is 12.1. The quantitative estimate of drug-likeness (QED) is 0.904. The molecule has 0 bridgehead atoms. The lowest BCUT2D eigenvalue weighted by atomic mass is 9.95. The predicted molar refractivity (Wildman–Crippen MR) is 94.4 cm³/mol. The number of nitrogens with zero attached hydrogens (tertiary/aromatic N) is 2. The molecule has 4 heterocycles. The Morgan fingerprint density at radius 3 is 2.72 bits per heavy atom. The van der Waals surface area contributed by atoms with E-state index in [1.165, 1.54) is 0 Å². The molecule has 1 aromatic heterocycles. The van der Waals surface area contributed by atoms with Gasteiger partial charge in [0.1, 0.15) is 11.4 Å². The van der Waals surface area contributed by atoms with Crippen LogP contribution in [0, 0.1) is 12.8 Å². The van der Waals surface area contributed by atoms with Crippen molar-refractivity contribution < 1.29 is 14.3 Å². The number of hydrogen-bond donors (Lipinski definition) is 1. The minimum Gasteiger partial charge on any atom is -0.375 e. The molecule has 3 fully saturated rings. The van der Waals surface area contributed by atoms with E-state index >= 15 is 0 Å². The number of hydrogen-bond acceptors (Lipinski definition) is 5. The Bertz CT molecular complexity index is 607. The van der Waals surface area contributed by atoms with Crippen molar-refractivity contribution in [2.75, 3.05) is 38.2 Å². The number of piperidine rings is 1. The molecule has 0 radical (unpaired) electrons. The number of rotatable bonds is 4. The summed E-state index contributed by atoms with van der Waals surface area (Å²) < 4.78 is 11.5. The van der Waals surface area contributed by atoms with Gasteiger partial charge in [0.2, 0.25) is 5.91 Å². The fourth-order valence-corrected chi connectivity index (χ4v) is 4.00. The van der Waals surface area contributed by atoms with E-state index in [1.54, 1.807) is 6.20 Å². The predicted octanol–water partition coefficient (Wildman–Crippen LogP) is 1.99. The van der Waals surface area contributed by atoms with Gasteiger partial charge in [-0.05, 0) is 57.3 Å². The Morgan fingerprint density at radius 1 is 1.32 bits per heavy atom. The molecule has 0 saturated carbocycles. The van der Waals surface area contributed by atoms with Gasteiger partial charge in [-0.15, -0.1) is 0 Å². The van der Waals surface area contributed by atoms with Crippen LogP contribution in [0.2, 0.25) is 0 Å². The summed E-state index contributed by atoms with van der Waals surface area (Å²) in [6, 6.07) is 3.83. The fourth-order valence-electron chi connectivity index (χ4n) is 4.00. The lowest BCUT2D eigenvalue weighted by Crippen LogP contribution is -2.50. The van der Waals surface area contributed by atoms with Gasteiger partial charge in [-0.25, -0.2) is 4.98 Å². The van der Waals surface area contributed by atoms with Crippen LogP contribution in [0.3, 0.4) is 0 Å². The second kappa shape index (κ2) is 7.02. The molecule has 6 heteroatoms. The fraction of sp³-hybridized carbons (Fsp3) is 0.684. The SMILES string of the molecule is Cc1ccc(NC(=O)C2CCN(CC3CCC4(COC4)O3)CC2)nc1. The monoisotopic (exact) mass is 345 g/mol. The van der Waals surface area contributed by atoms with Gasteiger partial charge in [0, 0.05) is 18.7 Å². The van der Waals surface area contributed by atoms with Crippen molar-refractivity contribution in [2.24, 2.45) is 5.92 Å². The normalized spacial score (nSPS) is 26.5. The lowest BCUT2D eigenvalue weighted by Gasteiger charge is -2.38. The van der Waals surface area contributed by atoms with Gasteiger partial charge in [0.15, 0.2) is 0 Å². The van der Waals surface area contributed by atoms with E-state index in [-0.39, 0.29) is 17.4 Å². The Hall–Kier alpha value is -1.50. The Morgan fingerprint density at radius 2 is 2.12 bits per heavy atom. The minimum atomic E-state index is 0.0317. The highest BCUT2D eigenvalue weighted by Gasteiger charge is 2.46. The zero-order valence-corrected chi connectivity index (χ0v) is 14.9. The molecule has 3 aliphatic rings. The number of carbonyl (C=O) groups excluding carboxylic acids is 1. The van der Waals surface area contributed by atoms with Crippen LogP contribution in [0.5, 0.6) is 0 Å². The van der Waals surface area contributed by atoms with Gasteiger partial charge >= 0.3 is 0 Å². The van der Waals surface area contributed by atoms with Gasteiger partial charge in [0.25, 0.3) is 0 Å². The van der Waals surface area contributed by atoms with Gasteiger partial charge in [-0.2, -0.15) is 0 Å². The topological polar surface area (TPSA) is 63.7 Å². The third-order valence-electron chi connectivity index (χ3n) is 5.65. The van der Waals surface area contributed by atoms with Crippen molar-refractivity contribution in [3.63, 3.8) is 0 Å². The summed E-state index contributed by atoms with van der Waals surface area (Å²) in [6.45, 7) is 6.42. The highest BCUT2D eigenvalue weighted by atomic mass is 16.6. The molecular formula is C19H27N3O3. The van der Waals surface area contributed by atoms with E-state index in [0.717, 1.165) is 64.1 Å². The average Bonchev–Trinajstić information content (AvgIpc) is 3.02. The maximum absolute atomic E-state index is 12.4. The third kappa shape index (κ3) is 3.86. The molecule has 0 aliphatic carbocycles. The Labute approximate surface area is 148 Å². The average molecular weight is 345 g/mol. The van der Waals surface area contributed by atoms with Crippen LogP contribution in [0.4, 0.5) is 5.82 Å². The largest absolute Gasteiger partial charge is 0.375 e. The molecule has 25 heavy (non-hydrogen) atoms. The maximum atomic E-state index is 12.4. The first-order valence-electron chi connectivity index (χ1n) is 9.33. The Kier molecular flexibility index (Phi) is 4.75. The van der Waals surface area contributed by atoms with Crippen LogP contribution in [-0.2, 0) is 14.3 Å². The molecule has 0 aromatic carbocycles. The van der Waals surface area contributed by atoms with Crippen LogP contribution in [0.15, 0.2) is 18.3 Å². The highest BCUT2D eigenvalue weighted by Crippen LogP contribution is 2.36. The number of anilines is 1. The number of amides is 1. The van der Waals surface area contributed by atoms with Crippen molar-refractivity contribution in [3.05, 3.63) is 23.9 Å². The maximum Gasteiger partial charge on any atom is 0.228 e. The number of likely N-dealkylation sites (tertiary alicyclic amines) is 1. The summed E-state index contributed by atoms with van der Waals surface area (Å²) in [7, 11) is 0. The van der Waals surface area contributed by atoms with Crippen molar-refractivity contribution in [1.29, 1.82) is 0 Å². The number of ether oxygens (including phenoxy) is 2. The van der Waals surface area contributed by atoms with Crippen LogP contribution in [0.25, 0.3) is 0 Å². The summed E-state index contributed by atoms with van der Waals surface area (Å²) in [5, 5.41) is 2.95. The molecule has 1 aromatic rings. The second-order valence-corrected chi connectivity index (χ2v) is 7.74. The third-order valence-corrected chi connectivity index (χ3v) is 5.65. The molecule has 6 nitrogen and oxygen atoms in total. The summed E-state index contributed by atoms with van der Waals surface area (Å²) in [6.07, 6.45) is 6.16. The number of aryl methyl sites for hydroxylation is 1. The molecule has 1 amide bonds. The van der Waals surface area contributed by atoms with Gasteiger partial charge in [-0.3, -0.25) is 4.79 Å². The molecule has 1 spiro atoms. The van der Waals surface area contributed by atoms with Gasteiger partial charge < -0.3 is 19.7 Å². The summed E-state index contributed by atoms with van der Waals surface area (Å²) in [5.74, 6) is 0.819. The van der Waals surface area contributed by atoms with E-state index in [9.17, 15) is 4.79 Å². The van der Waals surface area contributed by atoms with Crippen LogP contribution in [0.1, 0.15) is 31.2 Å². The smallest absolute Gasteiger partial charge is 0.228 e. The number of pyridine rings is 1. The molecule has 136 valence electrons. The molecular weight excluding hydrogens is 318 g/mol. The molecule has 1 unspecified atom stereocenters. The molecule has 1 N–H and O–H groups in total. The van der Waals surface area contributed by atoms with E-state index in [2.05, 4.69) is 15.2 Å². The van der Waals surface area contributed by atoms with Crippen molar-refractivity contribution in [3.8, 4) is 0 Å². The number of aromatic nitrogens is 1. The molecule has 3 aliphatic heterocycles. The molecule has 1 atom stereocenters. The van der Waals surface area contributed by atoms with Crippen molar-refractivity contribution in [2.45, 2.75) is 44.3 Å². The zero-order valence-electron chi connectivity index (χ0n) is 14.9. The van der Waals surface area contributed by atoms with Gasteiger partial charge in [-0.1, -0.05) is 6.07 Å². The standard InChI is InChI=1S/C19H27N3O3/c1-14-2-3-17(20-10-14)21-18(23)15-5-8-22(9-6-15)11-16-4-7-19(25-16)12-24-13-19/h2-3,10,15-16H,4-9,11-13H2,1H3,(H,20,21,23). The molecule has 4 rings (SSSR count). The van der Waals surface area contributed by atoms with E-state index in [4.69, 9.17) is 9.47 Å². The molecule has 3 saturated heterocycles. The summed E-state index contributed by atoms with van der Waals surface area (Å²) in [4.78, 5) is 19.1. The van der Waals surface area contributed by atoms with Crippen LogP contribution in [-0.4, -0.2) is 60.3 Å². The first-order valence-corrected chi connectivity index (χ1v) is 9.33. The van der Waals surface area contributed by atoms with Crippen molar-refractivity contribution in [1.82, 2.24) is 9.88 Å². The number of carbonyl (C=O) groups is 1. The van der Waals surface area contributed by atoms with E-state index in [0.29, 0.717) is 11.9 Å². The van der Waals surface area contributed by atoms with Crippen LogP contribution < -0.4 is 5.32 Å². The minimum absolute atomic E-state index is 0.0317. The van der Waals surface area contributed by atoms with Gasteiger partial charge in [0.05, 0.1) is 19.3 Å². The first kappa shape index (κ1) is 16.9. The van der Waals surface area contributed by atoms with Crippen molar-refractivity contribution >= 4 is 11.7 Å². The summed E-state index contributed by atoms with van der Waals surface area (Å²) in [5.41, 5.74) is 1.12. The lowest BCUT2D eigenvalue weighted by molar-refractivity contribution is -0.202. The van der Waals surface area contributed by atoms with E-state index < -0.39 is 0 Å². The zero-order chi connectivity index (χ0) is 17.3.